The van der Waals surface area contributed by atoms with Gasteiger partial charge in [-0.05, 0) is 44.5 Å². The highest BCUT2D eigenvalue weighted by Crippen LogP contribution is 2.18. The number of nitrogens with zero attached hydrogens (tertiary/aromatic N) is 4. The Labute approximate surface area is 145 Å². The highest BCUT2D eigenvalue weighted by Gasteiger charge is 2.19. The number of halogens is 1. The number of hydrogen-bond acceptors (Lipinski definition) is 3. The molecular formula is C18H20FN5O. The molecule has 3 aromatic rings. The second kappa shape index (κ2) is 7.29. The van der Waals surface area contributed by atoms with Crippen LogP contribution in [-0.4, -0.2) is 31.8 Å². The standard InChI is InChI=1S/C18H20FN5O/c1-13-17(18(25)21-8-3-10-23-11-9-20-12-23)14(2)24(22-13)16-6-4-15(19)5-7-16/h4-7,9,11-12H,3,8,10H2,1-2H3,(H,21,25). The molecule has 0 unspecified atom stereocenters. The average Bonchev–Trinajstić information content (AvgIpc) is 3.20. The minimum Gasteiger partial charge on any atom is -0.352 e. The summed E-state index contributed by atoms with van der Waals surface area (Å²) in [4.78, 5) is 16.5. The molecule has 0 atom stereocenters. The van der Waals surface area contributed by atoms with Crippen molar-refractivity contribution in [1.82, 2.24) is 24.6 Å². The molecule has 1 N–H and O–H groups in total. The molecule has 25 heavy (non-hydrogen) atoms. The fourth-order valence-electron chi connectivity index (χ4n) is 2.78. The monoisotopic (exact) mass is 341 g/mol. The van der Waals surface area contributed by atoms with E-state index in [1.807, 2.05) is 17.7 Å². The van der Waals surface area contributed by atoms with Crippen LogP contribution in [0.25, 0.3) is 5.69 Å². The number of imidazole rings is 1. The van der Waals surface area contributed by atoms with Gasteiger partial charge in [0.25, 0.3) is 5.91 Å². The summed E-state index contributed by atoms with van der Waals surface area (Å²) in [7, 11) is 0. The number of benzene rings is 1. The molecule has 0 aliphatic rings. The van der Waals surface area contributed by atoms with Gasteiger partial charge in [0.1, 0.15) is 5.82 Å². The molecule has 0 bridgehead atoms. The second-order valence-corrected chi connectivity index (χ2v) is 5.84. The minimum absolute atomic E-state index is 0.144. The molecule has 0 radical (unpaired) electrons. The van der Waals surface area contributed by atoms with Gasteiger partial charge in [-0.3, -0.25) is 4.79 Å². The molecule has 3 rings (SSSR count). The second-order valence-electron chi connectivity index (χ2n) is 5.84. The Morgan fingerprint density at radius 2 is 2.00 bits per heavy atom. The van der Waals surface area contributed by atoms with Crippen molar-refractivity contribution in [1.29, 1.82) is 0 Å². The van der Waals surface area contributed by atoms with Crippen LogP contribution in [0.1, 0.15) is 28.2 Å². The summed E-state index contributed by atoms with van der Waals surface area (Å²) in [5, 5.41) is 7.35. The zero-order chi connectivity index (χ0) is 17.8. The molecule has 0 aliphatic heterocycles. The number of carbonyl (C=O) groups is 1. The van der Waals surface area contributed by atoms with Crippen molar-refractivity contribution in [2.24, 2.45) is 0 Å². The summed E-state index contributed by atoms with van der Waals surface area (Å²) in [5.41, 5.74) is 2.67. The molecular weight excluding hydrogens is 321 g/mol. The van der Waals surface area contributed by atoms with Crippen molar-refractivity contribution >= 4 is 5.91 Å². The third-order valence-electron chi connectivity index (χ3n) is 4.03. The lowest BCUT2D eigenvalue weighted by Gasteiger charge is -2.07. The number of nitrogens with one attached hydrogen (secondary N) is 1. The van der Waals surface area contributed by atoms with Crippen LogP contribution in [0.2, 0.25) is 0 Å². The first kappa shape index (κ1) is 16.9. The van der Waals surface area contributed by atoms with E-state index >= 15 is 0 Å². The summed E-state index contributed by atoms with van der Waals surface area (Å²) in [6, 6.07) is 6.03. The first-order valence-corrected chi connectivity index (χ1v) is 8.12. The largest absolute Gasteiger partial charge is 0.352 e. The maximum absolute atomic E-state index is 13.1. The number of aryl methyl sites for hydroxylation is 2. The van der Waals surface area contributed by atoms with E-state index in [1.165, 1.54) is 12.1 Å². The van der Waals surface area contributed by atoms with Gasteiger partial charge < -0.3 is 9.88 Å². The van der Waals surface area contributed by atoms with Gasteiger partial charge in [0.15, 0.2) is 0 Å². The molecule has 0 aliphatic carbocycles. The molecule has 130 valence electrons. The molecule has 2 aromatic heterocycles. The van der Waals surface area contributed by atoms with E-state index in [-0.39, 0.29) is 11.7 Å². The minimum atomic E-state index is -0.305. The van der Waals surface area contributed by atoms with E-state index < -0.39 is 0 Å². The Hall–Kier alpha value is -2.96. The van der Waals surface area contributed by atoms with Crippen molar-refractivity contribution < 1.29 is 9.18 Å². The summed E-state index contributed by atoms with van der Waals surface area (Å²) in [5.74, 6) is -0.449. The fraction of sp³-hybridized carbons (Fsp3) is 0.278. The van der Waals surface area contributed by atoms with Crippen LogP contribution in [0.15, 0.2) is 43.0 Å². The Bertz CT molecular complexity index is 852. The van der Waals surface area contributed by atoms with Crippen LogP contribution < -0.4 is 5.32 Å². The molecule has 1 amide bonds. The van der Waals surface area contributed by atoms with Gasteiger partial charge in [-0.15, -0.1) is 0 Å². The summed E-state index contributed by atoms with van der Waals surface area (Å²) in [6.45, 7) is 5.00. The third-order valence-corrected chi connectivity index (χ3v) is 4.03. The van der Waals surface area contributed by atoms with Crippen molar-refractivity contribution in [2.75, 3.05) is 6.54 Å². The van der Waals surface area contributed by atoms with Crippen molar-refractivity contribution in [3.63, 3.8) is 0 Å². The zero-order valence-corrected chi connectivity index (χ0v) is 14.2. The predicted molar refractivity (Wildman–Crippen MR) is 92.2 cm³/mol. The van der Waals surface area contributed by atoms with E-state index in [9.17, 15) is 9.18 Å². The molecule has 2 heterocycles. The van der Waals surface area contributed by atoms with Gasteiger partial charge in [0.05, 0.1) is 29.0 Å². The van der Waals surface area contributed by atoms with E-state index in [0.29, 0.717) is 17.8 Å². The van der Waals surface area contributed by atoms with Gasteiger partial charge in [0.2, 0.25) is 0 Å². The van der Waals surface area contributed by atoms with E-state index in [1.54, 1.807) is 36.3 Å². The highest BCUT2D eigenvalue weighted by atomic mass is 19.1. The van der Waals surface area contributed by atoms with Gasteiger partial charge >= 0.3 is 0 Å². The smallest absolute Gasteiger partial charge is 0.255 e. The quantitative estimate of drug-likeness (QED) is 0.701. The lowest BCUT2D eigenvalue weighted by atomic mass is 10.2. The number of aromatic nitrogens is 4. The van der Waals surface area contributed by atoms with Crippen LogP contribution in [-0.2, 0) is 6.54 Å². The highest BCUT2D eigenvalue weighted by molar-refractivity contribution is 5.96. The van der Waals surface area contributed by atoms with Crippen LogP contribution in [0.3, 0.4) is 0 Å². The molecule has 0 fully saturated rings. The van der Waals surface area contributed by atoms with Gasteiger partial charge in [0, 0.05) is 25.5 Å². The van der Waals surface area contributed by atoms with Crippen molar-refractivity contribution in [2.45, 2.75) is 26.8 Å². The number of rotatable bonds is 6. The van der Waals surface area contributed by atoms with E-state index in [2.05, 4.69) is 15.4 Å². The van der Waals surface area contributed by atoms with Crippen molar-refractivity contribution in [3.05, 3.63) is 65.8 Å². The topological polar surface area (TPSA) is 64.7 Å². The maximum atomic E-state index is 13.1. The molecule has 0 spiro atoms. The average molecular weight is 341 g/mol. The zero-order valence-electron chi connectivity index (χ0n) is 14.2. The van der Waals surface area contributed by atoms with Crippen LogP contribution in [0, 0.1) is 19.7 Å². The van der Waals surface area contributed by atoms with Crippen LogP contribution in [0.5, 0.6) is 0 Å². The molecule has 1 aromatic carbocycles. The first-order valence-electron chi connectivity index (χ1n) is 8.12. The first-order chi connectivity index (χ1) is 12.1. The number of hydrogen-bond donors (Lipinski definition) is 1. The summed E-state index contributed by atoms with van der Waals surface area (Å²) < 4.78 is 16.7. The van der Waals surface area contributed by atoms with Gasteiger partial charge in [-0.2, -0.15) is 5.10 Å². The summed E-state index contributed by atoms with van der Waals surface area (Å²) >= 11 is 0. The predicted octanol–water partition coefficient (Wildman–Crippen LogP) is 2.64. The normalized spacial score (nSPS) is 10.8. The van der Waals surface area contributed by atoms with Crippen LogP contribution >= 0.6 is 0 Å². The number of carbonyl (C=O) groups excluding carboxylic acids is 1. The van der Waals surface area contributed by atoms with Crippen LogP contribution in [0.4, 0.5) is 4.39 Å². The molecule has 7 heteroatoms. The Morgan fingerprint density at radius 3 is 2.68 bits per heavy atom. The van der Waals surface area contributed by atoms with Gasteiger partial charge in [-0.25, -0.2) is 14.1 Å². The van der Waals surface area contributed by atoms with Gasteiger partial charge in [-0.1, -0.05) is 0 Å². The SMILES string of the molecule is Cc1nn(-c2ccc(F)cc2)c(C)c1C(=O)NCCCn1ccnc1. The lowest BCUT2D eigenvalue weighted by Crippen LogP contribution is -2.26. The summed E-state index contributed by atoms with van der Waals surface area (Å²) in [6.07, 6.45) is 6.19. The third kappa shape index (κ3) is 3.76. The Morgan fingerprint density at radius 1 is 1.24 bits per heavy atom. The molecule has 6 nitrogen and oxygen atoms in total. The van der Waals surface area contributed by atoms with E-state index in [4.69, 9.17) is 0 Å². The Kier molecular flexibility index (Phi) is 4.92. The fourth-order valence-corrected chi connectivity index (χ4v) is 2.78. The lowest BCUT2D eigenvalue weighted by molar-refractivity contribution is 0.0951. The maximum Gasteiger partial charge on any atom is 0.255 e. The molecule has 0 saturated heterocycles. The number of amides is 1. The molecule has 0 saturated carbocycles. The Balaban J connectivity index is 1.67. The van der Waals surface area contributed by atoms with Crippen molar-refractivity contribution in [3.8, 4) is 5.69 Å². The van der Waals surface area contributed by atoms with E-state index in [0.717, 1.165) is 24.3 Å².